The van der Waals surface area contributed by atoms with E-state index >= 15 is 0 Å². The largest absolute Gasteiger partial charge is 0.357 e. The van der Waals surface area contributed by atoms with Crippen LogP contribution in [0.5, 0.6) is 0 Å². The van der Waals surface area contributed by atoms with E-state index in [0.29, 0.717) is 30.4 Å². The van der Waals surface area contributed by atoms with Gasteiger partial charge in [0, 0.05) is 38.4 Å². The molecule has 1 saturated heterocycles. The summed E-state index contributed by atoms with van der Waals surface area (Å²) in [6, 6.07) is 3.49. The molecule has 2 N–H and O–H groups in total. The van der Waals surface area contributed by atoms with Crippen LogP contribution in [0.4, 0.5) is 0 Å². The third-order valence-electron chi connectivity index (χ3n) is 5.53. The summed E-state index contributed by atoms with van der Waals surface area (Å²) >= 11 is 0. The number of carbonyl (C=O) groups excluding carboxylic acids is 2. The molecule has 0 aliphatic carbocycles. The number of fused-ring (bicyclic) bond motifs is 1. The van der Waals surface area contributed by atoms with Crippen molar-refractivity contribution >= 4 is 11.8 Å². The first kappa shape index (κ1) is 16.9. The number of hydrogen-bond donors (Lipinski definition) is 2. The Bertz CT molecular complexity index is 810. The number of nitrogens with zero attached hydrogens (tertiary/aromatic N) is 3. The minimum Gasteiger partial charge on any atom is -0.357 e. The first-order valence-corrected chi connectivity index (χ1v) is 9.31. The molecule has 1 fully saturated rings. The maximum absolute atomic E-state index is 12.9. The molecule has 0 bridgehead atoms. The summed E-state index contributed by atoms with van der Waals surface area (Å²) in [6.07, 6.45) is 5.67. The molecule has 0 saturated carbocycles. The monoisotopic (exact) mass is 355 g/mol. The van der Waals surface area contributed by atoms with Gasteiger partial charge in [-0.1, -0.05) is 13.8 Å². The van der Waals surface area contributed by atoms with Crippen molar-refractivity contribution in [3.8, 4) is 0 Å². The summed E-state index contributed by atoms with van der Waals surface area (Å²) in [5.74, 6) is 1.66. The van der Waals surface area contributed by atoms with Crippen LogP contribution in [0.25, 0.3) is 0 Å². The number of aromatic nitrogens is 3. The molecule has 0 spiro atoms. The Morgan fingerprint density at radius 2 is 2.15 bits per heavy atom. The molecular formula is C19H25N5O2. The van der Waals surface area contributed by atoms with Gasteiger partial charge in [-0.05, 0) is 30.4 Å². The second-order valence-electron chi connectivity index (χ2n) is 7.68. The van der Waals surface area contributed by atoms with Crippen LogP contribution < -0.4 is 5.32 Å². The van der Waals surface area contributed by atoms with E-state index in [2.05, 4.69) is 33.7 Å². The highest BCUT2D eigenvalue weighted by molar-refractivity contribution is 5.94. The van der Waals surface area contributed by atoms with Crippen molar-refractivity contribution in [3.05, 3.63) is 41.7 Å². The van der Waals surface area contributed by atoms with Gasteiger partial charge in [-0.25, -0.2) is 4.98 Å². The van der Waals surface area contributed by atoms with Crippen LogP contribution in [0, 0.1) is 11.8 Å². The number of nitrogens with one attached hydrogen (secondary N) is 2. The minimum absolute atomic E-state index is 0.0389. The molecule has 7 nitrogen and oxygen atoms in total. The maximum atomic E-state index is 12.9. The summed E-state index contributed by atoms with van der Waals surface area (Å²) in [6.45, 7) is 6.37. The third-order valence-corrected chi connectivity index (χ3v) is 5.53. The fraction of sp³-hybridized carbons (Fsp3) is 0.526. The lowest BCUT2D eigenvalue weighted by atomic mass is 10.0. The smallest absolute Gasteiger partial charge is 0.274 e. The minimum atomic E-state index is -0.132. The normalized spacial score (nSPS) is 25.2. The third kappa shape index (κ3) is 3.13. The number of aromatic amines is 1. The standard InChI is InChI=1S/C19H25N5O2/c1-12-5-7-23-11-16(21-17(23)8-12)19(26)24-9-13(2)15(10-24)22-18(25)14-4-3-6-20-14/h3-4,6,11-13,15,20H,5,7-10H2,1-2H3,(H,22,25). The zero-order chi connectivity index (χ0) is 18.3. The van der Waals surface area contributed by atoms with Crippen molar-refractivity contribution in [3.63, 3.8) is 0 Å². The number of H-pyrrole nitrogens is 1. The van der Waals surface area contributed by atoms with Gasteiger partial charge >= 0.3 is 0 Å². The topological polar surface area (TPSA) is 83.0 Å². The van der Waals surface area contributed by atoms with Gasteiger partial charge in [-0.3, -0.25) is 9.59 Å². The van der Waals surface area contributed by atoms with Gasteiger partial charge in [0.25, 0.3) is 11.8 Å². The molecule has 2 aliphatic heterocycles. The number of hydrogen-bond acceptors (Lipinski definition) is 3. The van der Waals surface area contributed by atoms with Gasteiger partial charge in [-0.15, -0.1) is 0 Å². The van der Waals surface area contributed by atoms with E-state index in [1.807, 2.05) is 11.1 Å². The number of amides is 2. The van der Waals surface area contributed by atoms with Gasteiger partial charge in [0.1, 0.15) is 17.2 Å². The van der Waals surface area contributed by atoms with Crippen molar-refractivity contribution in [2.75, 3.05) is 13.1 Å². The number of carbonyl (C=O) groups is 2. The SMILES string of the molecule is CC1CCn2cc(C(=O)N3CC(C)C(NC(=O)c4ccc[nH]4)C3)nc2C1. The molecule has 2 amide bonds. The van der Waals surface area contributed by atoms with E-state index in [-0.39, 0.29) is 23.8 Å². The zero-order valence-electron chi connectivity index (χ0n) is 15.2. The summed E-state index contributed by atoms with van der Waals surface area (Å²) in [7, 11) is 0. The number of aryl methyl sites for hydroxylation is 1. The molecule has 138 valence electrons. The Morgan fingerprint density at radius 3 is 2.92 bits per heavy atom. The van der Waals surface area contributed by atoms with Crippen molar-refractivity contribution in [2.24, 2.45) is 11.8 Å². The predicted octanol–water partition coefficient (Wildman–Crippen LogP) is 1.68. The lowest BCUT2D eigenvalue weighted by Gasteiger charge is -2.18. The van der Waals surface area contributed by atoms with Crippen molar-refractivity contribution in [2.45, 2.75) is 39.3 Å². The molecular weight excluding hydrogens is 330 g/mol. The van der Waals surface area contributed by atoms with Crippen LogP contribution in [0.3, 0.4) is 0 Å². The Morgan fingerprint density at radius 1 is 1.31 bits per heavy atom. The number of rotatable bonds is 3. The highest BCUT2D eigenvalue weighted by Gasteiger charge is 2.35. The second kappa shape index (κ2) is 6.63. The fourth-order valence-electron chi connectivity index (χ4n) is 3.89. The van der Waals surface area contributed by atoms with Crippen LogP contribution in [0.15, 0.2) is 24.5 Å². The van der Waals surface area contributed by atoms with Gasteiger partial charge in [-0.2, -0.15) is 0 Å². The van der Waals surface area contributed by atoms with E-state index in [1.54, 1.807) is 18.3 Å². The van der Waals surface area contributed by atoms with Crippen LogP contribution in [-0.2, 0) is 13.0 Å². The van der Waals surface area contributed by atoms with Crippen LogP contribution >= 0.6 is 0 Å². The molecule has 7 heteroatoms. The second-order valence-corrected chi connectivity index (χ2v) is 7.68. The Balaban J connectivity index is 1.42. The molecule has 26 heavy (non-hydrogen) atoms. The number of imidazole rings is 1. The van der Waals surface area contributed by atoms with E-state index in [9.17, 15) is 9.59 Å². The van der Waals surface area contributed by atoms with Crippen molar-refractivity contribution in [1.29, 1.82) is 0 Å². The molecule has 4 rings (SSSR count). The molecule has 0 aromatic carbocycles. The molecule has 0 radical (unpaired) electrons. The van der Waals surface area contributed by atoms with Crippen molar-refractivity contribution < 1.29 is 9.59 Å². The summed E-state index contributed by atoms with van der Waals surface area (Å²) in [4.78, 5) is 34.4. The zero-order valence-corrected chi connectivity index (χ0v) is 15.2. The van der Waals surface area contributed by atoms with Gasteiger partial charge in [0.05, 0.1) is 6.04 Å². The molecule has 3 unspecified atom stereocenters. The molecule has 4 heterocycles. The van der Waals surface area contributed by atoms with Gasteiger partial charge < -0.3 is 19.8 Å². The fourth-order valence-corrected chi connectivity index (χ4v) is 3.89. The lowest BCUT2D eigenvalue weighted by molar-refractivity contribution is 0.0775. The highest BCUT2D eigenvalue weighted by Crippen LogP contribution is 2.23. The van der Waals surface area contributed by atoms with Gasteiger partial charge in [0.2, 0.25) is 0 Å². The van der Waals surface area contributed by atoms with E-state index in [0.717, 1.165) is 25.2 Å². The van der Waals surface area contributed by atoms with Crippen LogP contribution in [0.1, 0.15) is 47.1 Å². The predicted molar refractivity (Wildman–Crippen MR) is 96.8 cm³/mol. The van der Waals surface area contributed by atoms with Gasteiger partial charge in [0.15, 0.2) is 0 Å². The Labute approximate surface area is 152 Å². The average Bonchev–Trinajstić information content (AvgIpc) is 3.34. The molecule has 3 atom stereocenters. The summed E-state index contributed by atoms with van der Waals surface area (Å²) < 4.78 is 2.11. The van der Waals surface area contributed by atoms with E-state index in [1.165, 1.54) is 0 Å². The summed E-state index contributed by atoms with van der Waals surface area (Å²) in [5, 5.41) is 3.03. The quantitative estimate of drug-likeness (QED) is 0.879. The lowest BCUT2D eigenvalue weighted by Crippen LogP contribution is -2.40. The first-order valence-electron chi connectivity index (χ1n) is 9.31. The van der Waals surface area contributed by atoms with Crippen LogP contribution in [-0.4, -0.2) is 50.4 Å². The maximum Gasteiger partial charge on any atom is 0.274 e. The van der Waals surface area contributed by atoms with Crippen molar-refractivity contribution in [1.82, 2.24) is 24.8 Å². The highest BCUT2D eigenvalue weighted by atomic mass is 16.2. The Hall–Kier alpha value is -2.57. The van der Waals surface area contributed by atoms with E-state index in [4.69, 9.17) is 0 Å². The Kier molecular flexibility index (Phi) is 4.30. The van der Waals surface area contributed by atoms with Crippen LogP contribution in [0.2, 0.25) is 0 Å². The average molecular weight is 355 g/mol. The number of likely N-dealkylation sites (tertiary alicyclic amines) is 1. The molecule has 2 aromatic rings. The molecule has 2 aliphatic rings. The summed E-state index contributed by atoms with van der Waals surface area (Å²) in [5.41, 5.74) is 1.07. The van der Waals surface area contributed by atoms with E-state index < -0.39 is 0 Å². The molecule has 2 aromatic heterocycles. The first-order chi connectivity index (χ1) is 12.5.